The maximum Gasteiger partial charge on any atom is 0.166 e. The third-order valence-electron chi connectivity index (χ3n) is 12.4. The van der Waals surface area contributed by atoms with Crippen LogP contribution in [0.15, 0.2) is 211 Å². The molecular weight excluding hydrogens is 757 g/mol. The first-order valence-corrected chi connectivity index (χ1v) is 20.9. The monoisotopic (exact) mass is 790 g/mol. The van der Waals surface area contributed by atoms with E-state index in [1.54, 1.807) is 0 Å². The molecule has 0 saturated carbocycles. The summed E-state index contributed by atoms with van der Waals surface area (Å²) >= 11 is 0. The van der Waals surface area contributed by atoms with E-state index >= 15 is 0 Å². The normalized spacial score (nSPS) is 11.9. The van der Waals surface area contributed by atoms with Gasteiger partial charge in [-0.05, 0) is 85.9 Å². The lowest BCUT2D eigenvalue weighted by atomic mass is 10.0. The Morgan fingerprint density at radius 3 is 1.61 bits per heavy atom. The molecule has 288 valence electrons. The van der Waals surface area contributed by atoms with Crippen molar-refractivity contribution in [3.63, 3.8) is 0 Å². The van der Waals surface area contributed by atoms with E-state index < -0.39 is 0 Å². The molecule has 3 heterocycles. The van der Waals surface area contributed by atoms with Gasteiger partial charge in [-0.3, -0.25) is 0 Å². The highest BCUT2D eigenvalue weighted by atomic mass is 16.3. The van der Waals surface area contributed by atoms with Gasteiger partial charge in [-0.2, -0.15) is 0 Å². The largest absolute Gasteiger partial charge is 0.456 e. The van der Waals surface area contributed by atoms with Crippen LogP contribution >= 0.6 is 0 Å². The molecule has 62 heavy (non-hydrogen) atoms. The molecule has 0 spiro atoms. The van der Waals surface area contributed by atoms with E-state index in [1.165, 1.54) is 21.5 Å². The van der Waals surface area contributed by atoms with Crippen LogP contribution in [-0.2, 0) is 0 Å². The van der Waals surface area contributed by atoms with Crippen molar-refractivity contribution in [2.24, 2.45) is 0 Å². The predicted molar refractivity (Wildman–Crippen MR) is 256 cm³/mol. The number of hydrogen-bond acceptors (Lipinski definition) is 4. The second-order valence-electron chi connectivity index (χ2n) is 16.0. The lowest BCUT2D eigenvalue weighted by molar-refractivity contribution is 0.669. The van der Waals surface area contributed by atoms with Crippen molar-refractivity contribution in [1.82, 2.24) is 19.5 Å². The first-order valence-electron chi connectivity index (χ1n) is 20.9. The smallest absolute Gasteiger partial charge is 0.166 e. The Labute approximate surface area is 355 Å². The fraction of sp³-hybridized carbons (Fsp3) is 0. The zero-order chi connectivity index (χ0) is 40.7. The molecule has 13 aromatic rings. The molecule has 0 N–H and O–H groups in total. The molecule has 0 radical (unpaired) electrons. The van der Waals surface area contributed by atoms with Gasteiger partial charge in [0.25, 0.3) is 0 Å². The highest BCUT2D eigenvalue weighted by Crippen LogP contribution is 2.42. The van der Waals surface area contributed by atoms with Crippen molar-refractivity contribution in [3.05, 3.63) is 206 Å². The van der Waals surface area contributed by atoms with Crippen molar-refractivity contribution < 1.29 is 4.42 Å². The minimum atomic E-state index is 0.555. The molecule has 0 atom stereocenters. The van der Waals surface area contributed by atoms with Gasteiger partial charge in [-0.15, -0.1) is 0 Å². The number of aromatic nitrogens is 4. The number of rotatable bonds is 5. The summed E-state index contributed by atoms with van der Waals surface area (Å²) < 4.78 is 9.18. The van der Waals surface area contributed by atoms with Gasteiger partial charge in [0.15, 0.2) is 17.5 Å². The van der Waals surface area contributed by atoms with Crippen LogP contribution in [0.1, 0.15) is 0 Å². The summed E-state index contributed by atoms with van der Waals surface area (Å²) in [5.74, 6) is 1.75. The predicted octanol–water partition coefficient (Wildman–Crippen LogP) is 15.0. The molecule has 0 aliphatic heterocycles. The SMILES string of the molecule is c1ccc(-c2ccc(-c3nc(-c4cc5oc6cc7ccccc7cc6c5cc4-n4c5ccccc5c5cc6ccccc6cc54)nc(-c4cccc5ccccc45)n3)cc2)cc1. The van der Waals surface area contributed by atoms with Gasteiger partial charge < -0.3 is 8.98 Å². The van der Waals surface area contributed by atoms with Crippen LogP contribution in [0.3, 0.4) is 0 Å². The van der Waals surface area contributed by atoms with Gasteiger partial charge in [0.05, 0.1) is 16.7 Å². The fourth-order valence-corrected chi connectivity index (χ4v) is 9.38. The highest BCUT2D eigenvalue weighted by molar-refractivity contribution is 6.16. The first-order chi connectivity index (χ1) is 30.7. The summed E-state index contributed by atoms with van der Waals surface area (Å²) in [6, 6.07) is 72.8. The summed E-state index contributed by atoms with van der Waals surface area (Å²) in [7, 11) is 0. The summed E-state index contributed by atoms with van der Waals surface area (Å²) in [5, 5.41) is 11.3. The third-order valence-corrected chi connectivity index (χ3v) is 12.4. The van der Waals surface area contributed by atoms with Crippen molar-refractivity contribution >= 4 is 76.1 Å². The third kappa shape index (κ3) is 5.45. The highest BCUT2D eigenvalue weighted by Gasteiger charge is 2.23. The van der Waals surface area contributed by atoms with Gasteiger partial charge >= 0.3 is 0 Å². The van der Waals surface area contributed by atoms with E-state index in [0.717, 1.165) is 88.0 Å². The average Bonchev–Trinajstić information content (AvgIpc) is 3.85. The van der Waals surface area contributed by atoms with Gasteiger partial charge in [0, 0.05) is 38.2 Å². The van der Waals surface area contributed by atoms with Crippen molar-refractivity contribution in [3.8, 4) is 51.0 Å². The Kier molecular flexibility index (Phi) is 7.54. The van der Waals surface area contributed by atoms with E-state index in [4.69, 9.17) is 19.4 Å². The molecule has 0 bridgehead atoms. The van der Waals surface area contributed by atoms with E-state index in [0.29, 0.717) is 17.5 Å². The Bertz CT molecular complexity index is 3910. The minimum Gasteiger partial charge on any atom is -0.456 e. The Balaban J connectivity index is 1.13. The number of furan rings is 1. The van der Waals surface area contributed by atoms with Crippen molar-refractivity contribution in [2.45, 2.75) is 0 Å². The van der Waals surface area contributed by atoms with Crippen LogP contribution in [0, 0.1) is 0 Å². The van der Waals surface area contributed by atoms with Crippen molar-refractivity contribution in [1.29, 1.82) is 0 Å². The Morgan fingerprint density at radius 2 is 0.839 bits per heavy atom. The number of nitrogens with zero attached hydrogens (tertiary/aromatic N) is 4. The zero-order valence-electron chi connectivity index (χ0n) is 33.3. The number of hydrogen-bond donors (Lipinski definition) is 0. The van der Waals surface area contributed by atoms with Crippen LogP contribution in [0.4, 0.5) is 0 Å². The van der Waals surface area contributed by atoms with E-state index in [2.05, 4.69) is 205 Å². The molecule has 0 amide bonds. The lowest BCUT2D eigenvalue weighted by Crippen LogP contribution is -2.04. The van der Waals surface area contributed by atoms with Crippen molar-refractivity contribution in [2.75, 3.05) is 0 Å². The van der Waals surface area contributed by atoms with Crippen LogP contribution in [0.25, 0.3) is 127 Å². The molecular formula is C57H34N4O. The van der Waals surface area contributed by atoms with Gasteiger partial charge in [-0.1, -0.05) is 164 Å². The van der Waals surface area contributed by atoms with Gasteiger partial charge in [-0.25, -0.2) is 15.0 Å². The van der Waals surface area contributed by atoms with E-state index in [1.807, 2.05) is 6.07 Å². The molecule has 13 rings (SSSR count). The molecule has 5 heteroatoms. The van der Waals surface area contributed by atoms with Crippen LogP contribution in [-0.4, -0.2) is 19.5 Å². The van der Waals surface area contributed by atoms with Crippen LogP contribution in [0.5, 0.6) is 0 Å². The Hall–Kier alpha value is -8.41. The molecule has 0 unspecified atom stereocenters. The first kappa shape index (κ1) is 34.5. The van der Waals surface area contributed by atoms with Gasteiger partial charge in [0.1, 0.15) is 11.2 Å². The quantitative estimate of drug-likeness (QED) is 0.174. The van der Waals surface area contributed by atoms with Gasteiger partial charge in [0.2, 0.25) is 0 Å². The van der Waals surface area contributed by atoms with Crippen LogP contribution < -0.4 is 0 Å². The lowest BCUT2D eigenvalue weighted by Gasteiger charge is -2.16. The van der Waals surface area contributed by atoms with E-state index in [-0.39, 0.29) is 0 Å². The molecule has 10 aromatic carbocycles. The standard InChI is InChI=1S/C57H34N4O/c1-2-13-35(14-3-1)36-25-27-38(28-26-36)55-58-56(45-23-12-20-37-15-8-9-21-43(37)45)60-57(59-55)49-34-54-48(47-30-40-17-5-7-19-42(40)32-53(47)62-54)33-52(49)61-50-24-11-10-22-44(50)46-29-39-16-4-6-18-41(39)31-51(46)61/h1-34H. The van der Waals surface area contributed by atoms with Crippen LogP contribution in [0.2, 0.25) is 0 Å². The zero-order valence-corrected chi connectivity index (χ0v) is 33.3. The second kappa shape index (κ2) is 13.6. The summed E-state index contributed by atoms with van der Waals surface area (Å²) in [6.45, 7) is 0. The molecule has 3 aromatic heterocycles. The molecule has 0 aliphatic carbocycles. The summed E-state index contributed by atoms with van der Waals surface area (Å²) in [4.78, 5) is 16.1. The Morgan fingerprint density at radius 1 is 0.306 bits per heavy atom. The number of fused-ring (bicyclic) bond motifs is 9. The maximum absolute atomic E-state index is 6.79. The molecule has 0 saturated heterocycles. The number of benzene rings is 10. The molecule has 0 fully saturated rings. The second-order valence-corrected chi connectivity index (χ2v) is 16.0. The summed E-state index contributed by atoms with van der Waals surface area (Å²) in [6.07, 6.45) is 0. The van der Waals surface area contributed by atoms with E-state index in [9.17, 15) is 0 Å². The summed E-state index contributed by atoms with van der Waals surface area (Å²) in [5.41, 5.74) is 9.71. The number of para-hydroxylation sites is 1. The topological polar surface area (TPSA) is 56.7 Å². The minimum absolute atomic E-state index is 0.555. The average molecular weight is 791 g/mol. The fourth-order valence-electron chi connectivity index (χ4n) is 9.38. The molecule has 5 nitrogen and oxygen atoms in total. The molecule has 0 aliphatic rings. The maximum atomic E-state index is 6.79.